The number of hydrogen-bond donors (Lipinski definition) is 1. The van der Waals surface area contributed by atoms with Gasteiger partial charge in [-0.05, 0) is 48.0 Å². The monoisotopic (exact) mass is 296 g/mol. The first-order valence-electron chi connectivity index (χ1n) is 5.16. The number of nitrogens with one attached hydrogen (secondary N) is 1. The van der Waals surface area contributed by atoms with Crippen LogP contribution >= 0.6 is 15.9 Å². The number of ether oxygens (including phenoxy) is 1. The topological polar surface area (TPSA) is 62.1 Å². The van der Waals surface area contributed by atoms with Gasteiger partial charge < -0.3 is 10.1 Å². The summed E-state index contributed by atoms with van der Waals surface area (Å²) in [5.41, 5.74) is 1.32. The van der Waals surface area contributed by atoms with Crippen LogP contribution in [0.1, 0.15) is 19.4 Å². The number of halogens is 1. The largest absolute Gasteiger partial charge is 0.462 e. The molecule has 0 atom stereocenters. The Balaban J connectivity index is 2.58. The zero-order valence-corrected chi connectivity index (χ0v) is 11.2. The number of carbonyl (C=O) groups excluding carboxylic acids is 1. The summed E-state index contributed by atoms with van der Waals surface area (Å²) < 4.78 is 5.73. The van der Waals surface area contributed by atoms with E-state index in [0.717, 1.165) is 10.2 Å². The molecular formula is C12H13BrN2O2. The van der Waals surface area contributed by atoms with E-state index >= 15 is 0 Å². The molecule has 0 saturated carbocycles. The lowest BCUT2D eigenvalue weighted by atomic mass is 10.2. The summed E-state index contributed by atoms with van der Waals surface area (Å²) in [4.78, 5) is 11.3. The van der Waals surface area contributed by atoms with Crippen LogP contribution in [0.25, 0.3) is 0 Å². The van der Waals surface area contributed by atoms with E-state index in [1.165, 1.54) is 0 Å². The van der Waals surface area contributed by atoms with Gasteiger partial charge in [-0.1, -0.05) is 0 Å². The maximum absolute atomic E-state index is 11.3. The molecular weight excluding hydrogens is 284 g/mol. The lowest BCUT2D eigenvalue weighted by molar-refractivity contribution is -0.145. The molecule has 0 fully saturated rings. The van der Waals surface area contributed by atoms with E-state index in [4.69, 9.17) is 10.00 Å². The molecule has 0 aliphatic heterocycles. The van der Waals surface area contributed by atoms with Crippen molar-refractivity contribution in [1.29, 1.82) is 5.26 Å². The smallest absolute Gasteiger partial charge is 0.325 e. The molecule has 0 bridgehead atoms. The van der Waals surface area contributed by atoms with Gasteiger partial charge in [-0.3, -0.25) is 4.79 Å². The first-order chi connectivity index (χ1) is 8.02. The Morgan fingerprint density at radius 2 is 2.29 bits per heavy atom. The molecule has 1 rings (SSSR count). The summed E-state index contributed by atoms with van der Waals surface area (Å²) in [6, 6.07) is 7.15. The van der Waals surface area contributed by atoms with Crippen LogP contribution in [0.2, 0.25) is 0 Å². The Morgan fingerprint density at radius 3 is 2.82 bits per heavy atom. The Bertz CT molecular complexity index is 452. The van der Waals surface area contributed by atoms with Gasteiger partial charge in [-0.15, -0.1) is 0 Å². The Labute approximate surface area is 109 Å². The molecule has 0 aromatic heterocycles. The molecule has 1 aromatic rings. The predicted octanol–water partition coefficient (Wildman–Crippen LogP) is 2.68. The molecule has 90 valence electrons. The maximum Gasteiger partial charge on any atom is 0.325 e. The summed E-state index contributed by atoms with van der Waals surface area (Å²) in [5.74, 6) is -0.309. The molecule has 0 amide bonds. The average Bonchev–Trinajstić information content (AvgIpc) is 2.26. The van der Waals surface area contributed by atoms with Crippen LogP contribution in [0.4, 0.5) is 5.69 Å². The molecule has 0 heterocycles. The molecule has 4 nitrogen and oxygen atoms in total. The minimum absolute atomic E-state index is 0.0999. The van der Waals surface area contributed by atoms with E-state index in [1.54, 1.807) is 32.0 Å². The van der Waals surface area contributed by atoms with Gasteiger partial charge in [0.05, 0.1) is 17.7 Å². The maximum atomic E-state index is 11.3. The number of nitriles is 1. The van der Waals surface area contributed by atoms with Crippen LogP contribution in [0.5, 0.6) is 0 Å². The van der Waals surface area contributed by atoms with E-state index in [0.29, 0.717) is 5.56 Å². The number of esters is 1. The van der Waals surface area contributed by atoms with Gasteiger partial charge in [-0.25, -0.2) is 0 Å². The minimum Gasteiger partial charge on any atom is -0.462 e. The molecule has 0 unspecified atom stereocenters. The zero-order valence-electron chi connectivity index (χ0n) is 9.66. The Kier molecular flexibility index (Phi) is 4.98. The van der Waals surface area contributed by atoms with Crippen molar-refractivity contribution in [3.63, 3.8) is 0 Å². The number of anilines is 1. The quantitative estimate of drug-likeness (QED) is 0.868. The minimum atomic E-state index is -0.309. The normalized spacial score (nSPS) is 9.82. The van der Waals surface area contributed by atoms with Crippen molar-refractivity contribution in [2.45, 2.75) is 20.0 Å². The Morgan fingerprint density at radius 1 is 1.59 bits per heavy atom. The number of benzene rings is 1. The van der Waals surface area contributed by atoms with Gasteiger partial charge in [0.25, 0.3) is 0 Å². The molecule has 0 radical (unpaired) electrons. The SMILES string of the molecule is CC(C)OC(=O)CNc1ccc(C#N)cc1Br. The lowest BCUT2D eigenvalue weighted by Gasteiger charge is -2.10. The van der Waals surface area contributed by atoms with Crippen LogP contribution in [-0.4, -0.2) is 18.6 Å². The van der Waals surface area contributed by atoms with Crippen molar-refractivity contribution in [2.24, 2.45) is 0 Å². The number of nitrogens with zero attached hydrogens (tertiary/aromatic N) is 1. The van der Waals surface area contributed by atoms with Gasteiger partial charge in [0, 0.05) is 10.2 Å². The standard InChI is InChI=1S/C12H13BrN2O2/c1-8(2)17-12(16)7-15-11-4-3-9(6-14)5-10(11)13/h3-5,8,15H,7H2,1-2H3. The number of hydrogen-bond acceptors (Lipinski definition) is 4. The van der Waals surface area contributed by atoms with Crippen LogP contribution in [0.15, 0.2) is 22.7 Å². The third-order valence-corrected chi connectivity index (χ3v) is 2.54. The number of rotatable bonds is 4. The van der Waals surface area contributed by atoms with Crippen molar-refractivity contribution >= 4 is 27.6 Å². The fourth-order valence-electron chi connectivity index (χ4n) is 1.20. The summed E-state index contributed by atoms with van der Waals surface area (Å²) >= 11 is 3.32. The second-order valence-corrected chi connectivity index (χ2v) is 4.55. The first-order valence-corrected chi connectivity index (χ1v) is 5.95. The molecule has 1 N–H and O–H groups in total. The molecule has 17 heavy (non-hydrogen) atoms. The van der Waals surface area contributed by atoms with Crippen LogP contribution in [0, 0.1) is 11.3 Å². The molecule has 0 saturated heterocycles. The highest BCUT2D eigenvalue weighted by Crippen LogP contribution is 2.23. The fraction of sp³-hybridized carbons (Fsp3) is 0.333. The second-order valence-electron chi connectivity index (χ2n) is 3.70. The van der Waals surface area contributed by atoms with Crippen LogP contribution in [-0.2, 0) is 9.53 Å². The van der Waals surface area contributed by atoms with Crippen molar-refractivity contribution in [3.8, 4) is 6.07 Å². The van der Waals surface area contributed by atoms with Gasteiger partial charge in [0.1, 0.15) is 6.54 Å². The van der Waals surface area contributed by atoms with Crippen LogP contribution < -0.4 is 5.32 Å². The highest BCUT2D eigenvalue weighted by Gasteiger charge is 2.07. The number of carbonyl (C=O) groups is 1. The van der Waals surface area contributed by atoms with Gasteiger partial charge in [0.2, 0.25) is 0 Å². The second kappa shape index (κ2) is 6.26. The predicted molar refractivity (Wildman–Crippen MR) is 68.6 cm³/mol. The first kappa shape index (κ1) is 13.5. The molecule has 0 spiro atoms. The van der Waals surface area contributed by atoms with E-state index in [2.05, 4.69) is 21.2 Å². The summed E-state index contributed by atoms with van der Waals surface area (Å²) in [6.45, 7) is 3.70. The fourth-order valence-corrected chi connectivity index (χ4v) is 1.72. The van der Waals surface area contributed by atoms with Crippen molar-refractivity contribution < 1.29 is 9.53 Å². The summed E-state index contributed by atoms with van der Waals surface area (Å²) in [6.07, 6.45) is -0.117. The summed E-state index contributed by atoms with van der Waals surface area (Å²) in [5, 5.41) is 11.6. The third-order valence-electron chi connectivity index (χ3n) is 1.89. The molecule has 1 aromatic carbocycles. The Hall–Kier alpha value is -1.54. The van der Waals surface area contributed by atoms with E-state index in [9.17, 15) is 4.79 Å². The van der Waals surface area contributed by atoms with Crippen LogP contribution in [0.3, 0.4) is 0 Å². The third kappa shape index (κ3) is 4.45. The van der Waals surface area contributed by atoms with E-state index in [-0.39, 0.29) is 18.6 Å². The summed E-state index contributed by atoms with van der Waals surface area (Å²) in [7, 11) is 0. The molecule has 0 aliphatic carbocycles. The highest BCUT2D eigenvalue weighted by molar-refractivity contribution is 9.10. The average molecular weight is 297 g/mol. The lowest BCUT2D eigenvalue weighted by Crippen LogP contribution is -2.20. The van der Waals surface area contributed by atoms with Crippen molar-refractivity contribution in [3.05, 3.63) is 28.2 Å². The van der Waals surface area contributed by atoms with Gasteiger partial charge >= 0.3 is 5.97 Å². The highest BCUT2D eigenvalue weighted by atomic mass is 79.9. The van der Waals surface area contributed by atoms with Gasteiger partial charge in [0.15, 0.2) is 0 Å². The van der Waals surface area contributed by atoms with Crippen molar-refractivity contribution in [1.82, 2.24) is 0 Å². The van der Waals surface area contributed by atoms with Gasteiger partial charge in [-0.2, -0.15) is 5.26 Å². The molecule has 5 heteroatoms. The zero-order chi connectivity index (χ0) is 12.8. The van der Waals surface area contributed by atoms with E-state index in [1.807, 2.05) is 6.07 Å². The van der Waals surface area contributed by atoms with Crippen molar-refractivity contribution in [2.75, 3.05) is 11.9 Å². The van der Waals surface area contributed by atoms with E-state index < -0.39 is 0 Å². The molecule has 0 aliphatic rings.